The molecule has 0 N–H and O–H groups in total. The molecule has 0 fully saturated rings. The summed E-state index contributed by atoms with van der Waals surface area (Å²) in [4.78, 5) is 0. The highest BCUT2D eigenvalue weighted by Crippen LogP contribution is 2.26. The molecule has 0 amide bonds. The Hall–Kier alpha value is -0.370. The van der Waals surface area contributed by atoms with E-state index in [0.717, 1.165) is 12.0 Å². The highest BCUT2D eigenvalue weighted by atomic mass is 19.1. The quantitative estimate of drug-likeness (QED) is 0.570. The van der Waals surface area contributed by atoms with Crippen molar-refractivity contribution in [2.75, 3.05) is 6.61 Å². The van der Waals surface area contributed by atoms with Crippen LogP contribution in [0.3, 0.4) is 0 Å². The molecule has 0 unspecified atom stereocenters. The molecular formula is C9H15FO. The molecule has 1 aliphatic heterocycles. The van der Waals surface area contributed by atoms with E-state index < -0.39 is 0 Å². The molecule has 1 nitrogen and oxygen atoms in total. The van der Waals surface area contributed by atoms with Crippen molar-refractivity contribution in [3.8, 4) is 0 Å². The summed E-state index contributed by atoms with van der Waals surface area (Å²) in [5, 5.41) is 0. The zero-order chi connectivity index (χ0) is 8.43. The van der Waals surface area contributed by atoms with Gasteiger partial charge in [0.25, 0.3) is 0 Å². The molecule has 64 valence electrons. The predicted octanol–water partition coefficient (Wildman–Crippen LogP) is 2.67. The maximum atomic E-state index is 13.0. The van der Waals surface area contributed by atoms with Gasteiger partial charge in [0.05, 0.1) is 12.7 Å². The van der Waals surface area contributed by atoms with E-state index in [0.29, 0.717) is 5.92 Å². The fourth-order valence-corrected chi connectivity index (χ4v) is 1.34. The zero-order valence-corrected chi connectivity index (χ0v) is 7.36. The number of ether oxygens (including phenoxy) is 1. The third-order valence-corrected chi connectivity index (χ3v) is 2.05. The van der Waals surface area contributed by atoms with Gasteiger partial charge in [-0.25, -0.2) is 4.39 Å². The molecule has 0 aromatic carbocycles. The third kappa shape index (κ3) is 2.03. The van der Waals surface area contributed by atoms with Crippen molar-refractivity contribution in [3.63, 3.8) is 0 Å². The fraction of sp³-hybridized carbons (Fsp3) is 0.778. The Bertz CT molecular complexity index is 172. The maximum Gasteiger partial charge on any atom is 0.125 e. The highest BCUT2D eigenvalue weighted by molar-refractivity contribution is 5.14. The minimum Gasteiger partial charge on any atom is -0.371 e. The van der Waals surface area contributed by atoms with E-state index >= 15 is 0 Å². The summed E-state index contributed by atoms with van der Waals surface area (Å²) in [6, 6.07) is 0. The summed E-state index contributed by atoms with van der Waals surface area (Å²) in [5.74, 6) is 0.263. The molecule has 11 heavy (non-hydrogen) atoms. The lowest BCUT2D eigenvalue weighted by Crippen LogP contribution is -2.19. The van der Waals surface area contributed by atoms with Gasteiger partial charge in [0.15, 0.2) is 0 Å². The lowest BCUT2D eigenvalue weighted by Gasteiger charge is -2.23. The third-order valence-electron chi connectivity index (χ3n) is 2.05. The van der Waals surface area contributed by atoms with Crippen molar-refractivity contribution in [2.45, 2.75) is 33.3 Å². The maximum absolute atomic E-state index is 13.0. The average molecular weight is 158 g/mol. The summed E-state index contributed by atoms with van der Waals surface area (Å²) in [5.41, 5.74) is 0.934. The second-order valence-electron chi connectivity index (χ2n) is 3.41. The Morgan fingerprint density at radius 2 is 2.18 bits per heavy atom. The van der Waals surface area contributed by atoms with Crippen molar-refractivity contribution < 1.29 is 9.13 Å². The minimum absolute atomic E-state index is 0.0573. The van der Waals surface area contributed by atoms with E-state index in [-0.39, 0.29) is 18.5 Å². The van der Waals surface area contributed by atoms with Crippen molar-refractivity contribution >= 4 is 0 Å². The summed E-state index contributed by atoms with van der Waals surface area (Å²) < 4.78 is 18.2. The lowest BCUT2D eigenvalue weighted by atomic mass is 9.95. The first-order valence-electron chi connectivity index (χ1n) is 4.10. The molecule has 0 radical (unpaired) electrons. The van der Waals surface area contributed by atoms with Gasteiger partial charge < -0.3 is 4.74 Å². The fourth-order valence-electron chi connectivity index (χ4n) is 1.34. The van der Waals surface area contributed by atoms with Gasteiger partial charge in [0.1, 0.15) is 5.83 Å². The monoisotopic (exact) mass is 158 g/mol. The molecule has 0 saturated heterocycles. The van der Waals surface area contributed by atoms with Gasteiger partial charge in [-0.3, -0.25) is 0 Å². The van der Waals surface area contributed by atoms with Crippen LogP contribution < -0.4 is 0 Å². The number of rotatable bonds is 1. The SMILES string of the molecule is CC(C)C1=C(F)CO[C@@H](C)C1. The van der Waals surface area contributed by atoms with E-state index in [1.54, 1.807) is 0 Å². The van der Waals surface area contributed by atoms with Gasteiger partial charge in [-0.2, -0.15) is 0 Å². The number of hydrogen-bond acceptors (Lipinski definition) is 1. The molecule has 1 atom stereocenters. The van der Waals surface area contributed by atoms with Crippen LogP contribution in [0.4, 0.5) is 4.39 Å². The number of hydrogen-bond donors (Lipinski definition) is 0. The molecule has 0 spiro atoms. The van der Waals surface area contributed by atoms with E-state index in [9.17, 15) is 4.39 Å². The second-order valence-corrected chi connectivity index (χ2v) is 3.41. The topological polar surface area (TPSA) is 9.23 Å². The van der Waals surface area contributed by atoms with E-state index in [1.165, 1.54) is 0 Å². The highest BCUT2D eigenvalue weighted by Gasteiger charge is 2.20. The van der Waals surface area contributed by atoms with Crippen molar-refractivity contribution in [1.29, 1.82) is 0 Å². The van der Waals surface area contributed by atoms with Crippen LogP contribution in [0.25, 0.3) is 0 Å². The molecule has 2 heteroatoms. The molecule has 1 heterocycles. The van der Waals surface area contributed by atoms with Gasteiger partial charge in [0.2, 0.25) is 0 Å². The molecule has 0 aromatic rings. The van der Waals surface area contributed by atoms with Crippen LogP contribution in [-0.4, -0.2) is 12.7 Å². The van der Waals surface area contributed by atoms with Gasteiger partial charge in [-0.1, -0.05) is 13.8 Å². The van der Waals surface area contributed by atoms with Crippen molar-refractivity contribution in [1.82, 2.24) is 0 Å². The van der Waals surface area contributed by atoms with Crippen LogP contribution in [0, 0.1) is 5.92 Å². The van der Waals surface area contributed by atoms with Crippen LogP contribution in [0.2, 0.25) is 0 Å². The lowest BCUT2D eigenvalue weighted by molar-refractivity contribution is 0.0564. The first kappa shape index (κ1) is 8.72. The summed E-state index contributed by atoms with van der Waals surface area (Å²) in [7, 11) is 0. The Morgan fingerprint density at radius 1 is 1.55 bits per heavy atom. The smallest absolute Gasteiger partial charge is 0.125 e. The molecule has 0 aromatic heterocycles. The Balaban J connectivity index is 2.71. The largest absolute Gasteiger partial charge is 0.371 e. The standard InChI is InChI=1S/C9H15FO/c1-6(2)8-4-7(3)11-5-9(8)10/h6-7H,4-5H2,1-3H3/t7-/m0/s1. The van der Waals surface area contributed by atoms with E-state index in [2.05, 4.69) is 0 Å². The number of halogens is 1. The summed E-state index contributed by atoms with van der Waals surface area (Å²) in [6.45, 7) is 6.20. The Morgan fingerprint density at radius 3 is 2.64 bits per heavy atom. The van der Waals surface area contributed by atoms with E-state index in [1.807, 2.05) is 20.8 Å². The molecule has 0 bridgehead atoms. The van der Waals surface area contributed by atoms with E-state index in [4.69, 9.17) is 4.74 Å². The van der Waals surface area contributed by atoms with Crippen LogP contribution in [0.15, 0.2) is 11.4 Å². The minimum atomic E-state index is -0.0573. The van der Waals surface area contributed by atoms with Gasteiger partial charge >= 0.3 is 0 Å². The normalized spacial score (nSPS) is 26.5. The van der Waals surface area contributed by atoms with Crippen LogP contribution in [-0.2, 0) is 4.74 Å². The Labute approximate surface area is 67.2 Å². The van der Waals surface area contributed by atoms with Crippen molar-refractivity contribution in [2.24, 2.45) is 5.92 Å². The van der Waals surface area contributed by atoms with Crippen LogP contribution >= 0.6 is 0 Å². The molecule has 1 rings (SSSR count). The van der Waals surface area contributed by atoms with Crippen LogP contribution in [0.5, 0.6) is 0 Å². The van der Waals surface area contributed by atoms with Gasteiger partial charge in [-0.15, -0.1) is 0 Å². The van der Waals surface area contributed by atoms with Gasteiger partial charge in [0, 0.05) is 0 Å². The predicted molar refractivity (Wildman–Crippen MR) is 43.0 cm³/mol. The second kappa shape index (κ2) is 3.35. The molecule has 1 aliphatic rings. The summed E-state index contributed by atoms with van der Waals surface area (Å²) >= 11 is 0. The molecular weight excluding hydrogens is 143 g/mol. The first-order valence-corrected chi connectivity index (χ1v) is 4.10. The Kier molecular flexibility index (Phi) is 2.66. The van der Waals surface area contributed by atoms with Crippen LogP contribution in [0.1, 0.15) is 27.2 Å². The van der Waals surface area contributed by atoms with Gasteiger partial charge in [-0.05, 0) is 24.8 Å². The summed E-state index contributed by atoms with van der Waals surface area (Å²) in [6.07, 6.45) is 0.940. The van der Waals surface area contributed by atoms with Crippen molar-refractivity contribution in [3.05, 3.63) is 11.4 Å². The average Bonchev–Trinajstić information content (AvgIpc) is 1.94. The first-order chi connectivity index (χ1) is 5.11. The molecule has 0 aliphatic carbocycles. The zero-order valence-electron chi connectivity index (χ0n) is 7.36. The molecule has 0 saturated carbocycles.